The molecular weight excluding hydrogens is 184 g/mol. The van der Waals surface area contributed by atoms with E-state index < -0.39 is 0 Å². The summed E-state index contributed by atoms with van der Waals surface area (Å²) in [5.41, 5.74) is 0. The highest BCUT2D eigenvalue weighted by molar-refractivity contribution is 4.42. The Morgan fingerprint density at radius 3 is 0.933 bits per heavy atom. The summed E-state index contributed by atoms with van der Waals surface area (Å²) in [6.07, 6.45) is 0. The van der Waals surface area contributed by atoms with E-state index in [1.54, 1.807) is 0 Å². The molecule has 0 rings (SSSR count). The number of hydrogen-bond acceptors (Lipinski definition) is 1. The Bertz CT molecular complexity index is 50.4. The maximum absolute atomic E-state index is 5.36. The molecule has 1 nitrogen and oxygen atoms in total. The molecule has 1 heteroatoms. The molecule has 15 heavy (non-hydrogen) atoms. The minimum atomic E-state index is 0. The van der Waals surface area contributed by atoms with Gasteiger partial charge in [0.2, 0.25) is 0 Å². The Balaban J connectivity index is -0.0000000213. The molecular formula is C14H42O. The largest absolute Gasteiger partial charge is 0.381 e. The smallest absolute Gasteiger partial charge is 0.0489 e. The molecule has 0 unspecified atom stereocenters. The fourth-order valence-electron chi connectivity index (χ4n) is 0.539. The van der Waals surface area contributed by atoms with E-state index in [4.69, 9.17) is 4.74 Å². The van der Waals surface area contributed by atoms with Crippen LogP contribution in [0.3, 0.4) is 0 Å². The minimum absolute atomic E-state index is 0. The molecule has 0 aliphatic heterocycles. The van der Waals surface area contributed by atoms with Gasteiger partial charge in [0.15, 0.2) is 0 Å². The van der Waals surface area contributed by atoms with Gasteiger partial charge in [-0.1, -0.05) is 72.3 Å². The van der Waals surface area contributed by atoms with E-state index in [9.17, 15) is 0 Å². The summed E-state index contributed by atoms with van der Waals surface area (Å²) in [5, 5.41) is 0. The average Bonchev–Trinajstić information content (AvgIpc) is 1.63. The normalized spacial score (nSPS) is 6.80. The van der Waals surface area contributed by atoms with Gasteiger partial charge in [-0.25, -0.2) is 0 Å². The Hall–Kier alpha value is -0.0400. The molecule has 0 aromatic carbocycles. The van der Waals surface area contributed by atoms with E-state index in [1.165, 1.54) is 0 Å². The zero-order valence-corrected chi connectivity index (χ0v) is 6.98. The monoisotopic (exact) mass is 226 g/mol. The molecule has 0 aromatic heterocycles. The Morgan fingerprint density at radius 2 is 0.800 bits per heavy atom. The van der Waals surface area contributed by atoms with Crippen molar-refractivity contribution in [1.82, 2.24) is 0 Å². The maximum Gasteiger partial charge on any atom is 0.0489 e. The third-order valence-corrected chi connectivity index (χ3v) is 0.902. The molecule has 0 fully saturated rings. The average molecular weight is 226 g/mol. The van der Waals surface area contributed by atoms with Crippen LogP contribution in [0, 0.1) is 11.8 Å². The first-order chi connectivity index (χ1) is 4.13. The Labute approximate surface area is 103 Å². The third kappa shape index (κ3) is 56.2. The molecule has 104 valence electrons. The van der Waals surface area contributed by atoms with Gasteiger partial charge < -0.3 is 4.74 Å². The highest BCUT2D eigenvalue weighted by Gasteiger charge is 1.95. The van der Waals surface area contributed by atoms with Crippen molar-refractivity contribution in [3.8, 4) is 0 Å². The highest BCUT2D eigenvalue weighted by Crippen LogP contribution is 1.96. The van der Waals surface area contributed by atoms with Crippen molar-refractivity contribution in [3.63, 3.8) is 0 Å². The lowest BCUT2D eigenvalue weighted by Crippen LogP contribution is -2.06. The third-order valence-electron chi connectivity index (χ3n) is 0.902. The molecule has 0 aliphatic rings. The van der Waals surface area contributed by atoms with E-state index in [0.29, 0.717) is 11.8 Å². The van der Waals surface area contributed by atoms with Crippen LogP contribution in [0.5, 0.6) is 0 Å². The second-order valence-corrected chi connectivity index (χ2v) is 3.33. The molecule has 0 heterocycles. The maximum atomic E-state index is 5.36. The van der Waals surface area contributed by atoms with Crippen molar-refractivity contribution in [1.29, 1.82) is 0 Å². The Morgan fingerprint density at radius 1 is 0.600 bits per heavy atom. The van der Waals surface area contributed by atoms with E-state index in [-0.39, 0.29) is 44.6 Å². The first kappa shape index (κ1) is 46.0. The van der Waals surface area contributed by atoms with Crippen LogP contribution in [0.15, 0.2) is 0 Å². The summed E-state index contributed by atoms with van der Waals surface area (Å²) >= 11 is 0. The predicted molar refractivity (Wildman–Crippen MR) is 80.9 cm³/mol. The lowest BCUT2D eigenvalue weighted by Gasteiger charge is -2.07. The molecule has 0 N–H and O–H groups in total. The predicted octanol–water partition coefficient (Wildman–Crippen LogP) is 6.13. The van der Waals surface area contributed by atoms with Crippen molar-refractivity contribution in [2.24, 2.45) is 11.8 Å². The van der Waals surface area contributed by atoms with Gasteiger partial charge in [0.1, 0.15) is 0 Å². The van der Waals surface area contributed by atoms with Crippen LogP contribution in [0.2, 0.25) is 0 Å². The van der Waals surface area contributed by atoms with Gasteiger partial charge in [-0.2, -0.15) is 0 Å². The van der Waals surface area contributed by atoms with Crippen molar-refractivity contribution in [2.45, 2.75) is 72.3 Å². The van der Waals surface area contributed by atoms with Gasteiger partial charge in [-0.15, -0.1) is 0 Å². The zero-order valence-electron chi connectivity index (χ0n) is 6.98. The van der Waals surface area contributed by atoms with Crippen molar-refractivity contribution >= 4 is 0 Å². The van der Waals surface area contributed by atoms with Gasteiger partial charge >= 0.3 is 0 Å². The van der Waals surface area contributed by atoms with E-state index in [2.05, 4.69) is 27.7 Å². The molecule has 0 saturated carbocycles. The fraction of sp³-hybridized carbons (Fsp3) is 1.00. The molecule has 0 aliphatic carbocycles. The lowest BCUT2D eigenvalue weighted by molar-refractivity contribution is 0.0886. The van der Waals surface area contributed by atoms with Crippen LogP contribution in [0.25, 0.3) is 0 Å². The van der Waals surface area contributed by atoms with Crippen LogP contribution >= 0.6 is 0 Å². The lowest BCUT2D eigenvalue weighted by atomic mass is 10.2. The van der Waals surface area contributed by atoms with Crippen LogP contribution in [-0.2, 0) is 4.74 Å². The second-order valence-electron chi connectivity index (χ2n) is 3.33. The van der Waals surface area contributed by atoms with E-state index >= 15 is 0 Å². The number of ether oxygens (including phenoxy) is 1. The van der Waals surface area contributed by atoms with Gasteiger partial charge in [0.05, 0.1) is 0 Å². The highest BCUT2D eigenvalue weighted by atomic mass is 16.5. The van der Waals surface area contributed by atoms with Gasteiger partial charge in [-0.3, -0.25) is 0 Å². The Kier molecular flexibility index (Phi) is 89.6. The van der Waals surface area contributed by atoms with Crippen LogP contribution in [0.4, 0.5) is 0 Å². The fourth-order valence-corrected chi connectivity index (χ4v) is 0.539. The van der Waals surface area contributed by atoms with Crippen molar-refractivity contribution in [2.75, 3.05) is 13.2 Å². The standard InChI is InChI=1S/C8H18O.6CH4/c1-7(2)5-9-6-8(3)4;;;;;;/h7-8H,5-6H2,1-4H3;6*1H4. The molecule has 0 aromatic rings. The molecule has 0 amide bonds. The van der Waals surface area contributed by atoms with Crippen LogP contribution in [0.1, 0.15) is 72.3 Å². The SMILES string of the molecule is C.C.C.C.C.C.CC(C)COCC(C)C. The molecule has 0 saturated heterocycles. The molecule has 0 spiro atoms. The summed E-state index contributed by atoms with van der Waals surface area (Å²) in [6.45, 7) is 10.5. The van der Waals surface area contributed by atoms with Crippen molar-refractivity contribution < 1.29 is 4.74 Å². The molecule has 0 radical (unpaired) electrons. The quantitative estimate of drug-likeness (QED) is 0.560. The van der Waals surface area contributed by atoms with Crippen molar-refractivity contribution in [3.05, 3.63) is 0 Å². The summed E-state index contributed by atoms with van der Waals surface area (Å²) < 4.78 is 5.36. The second kappa shape index (κ2) is 29.2. The van der Waals surface area contributed by atoms with Gasteiger partial charge in [-0.05, 0) is 11.8 Å². The summed E-state index contributed by atoms with van der Waals surface area (Å²) in [5.74, 6) is 1.34. The first-order valence-electron chi connectivity index (χ1n) is 3.70. The molecule has 0 bridgehead atoms. The summed E-state index contributed by atoms with van der Waals surface area (Å²) in [7, 11) is 0. The topological polar surface area (TPSA) is 9.23 Å². The number of rotatable bonds is 4. The number of hydrogen-bond donors (Lipinski definition) is 0. The van der Waals surface area contributed by atoms with Crippen LogP contribution in [-0.4, -0.2) is 13.2 Å². The summed E-state index contributed by atoms with van der Waals surface area (Å²) in [6, 6.07) is 0. The minimum Gasteiger partial charge on any atom is -0.381 e. The summed E-state index contributed by atoms with van der Waals surface area (Å²) in [4.78, 5) is 0. The van der Waals surface area contributed by atoms with Gasteiger partial charge in [0, 0.05) is 13.2 Å². The van der Waals surface area contributed by atoms with Gasteiger partial charge in [0.25, 0.3) is 0 Å². The first-order valence-corrected chi connectivity index (χ1v) is 3.70. The molecule has 0 atom stereocenters. The zero-order chi connectivity index (χ0) is 7.28. The van der Waals surface area contributed by atoms with E-state index in [0.717, 1.165) is 13.2 Å². The van der Waals surface area contributed by atoms with Crippen LogP contribution < -0.4 is 0 Å². The van der Waals surface area contributed by atoms with E-state index in [1.807, 2.05) is 0 Å².